The summed E-state index contributed by atoms with van der Waals surface area (Å²) in [5, 5.41) is 11.7. The van der Waals surface area contributed by atoms with Crippen molar-refractivity contribution in [1.82, 2.24) is 29.9 Å². The first-order valence-corrected chi connectivity index (χ1v) is 8.66. The third-order valence-corrected chi connectivity index (χ3v) is 4.39. The average Bonchev–Trinajstić information content (AvgIpc) is 2.90. The van der Waals surface area contributed by atoms with Gasteiger partial charge >= 0.3 is 0 Å². The van der Waals surface area contributed by atoms with Gasteiger partial charge in [-0.25, -0.2) is 4.99 Å². The summed E-state index contributed by atoms with van der Waals surface area (Å²) in [7, 11) is 1.95. The predicted molar refractivity (Wildman–Crippen MR) is 109 cm³/mol. The maximum atomic E-state index is 11.5. The van der Waals surface area contributed by atoms with Gasteiger partial charge in [0.1, 0.15) is 12.4 Å². The predicted octanol–water partition coefficient (Wildman–Crippen LogP) is 1.15. The Labute approximate surface area is 167 Å². The first kappa shape index (κ1) is 21.7. The summed E-state index contributed by atoms with van der Waals surface area (Å²) >= 11 is 0. The number of hydrogen-bond donors (Lipinski definition) is 1. The number of rotatable bonds is 5. The molecule has 9 heteroatoms. The molecule has 0 atom stereocenters. The van der Waals surface area contributed by atoms with Crippen molar-refractivity contribution in [3.8, 4) is 0 Å². The summed E-state index contributed by atoms with van der Waals surface area (Å²) in [6.45, 7) is 10.2. The number of unbranched alkanes of at least 4 members (excludes halogenated alkanes) is 1. The lowest BCUT2D eigenvalue weighted by Crippen LogP contribution is -2.53. The molecule has 1 fully saturated rings. The third-order valence-electron chi connectivity index (χ3n) is 4.39. The smallest absolute Gasteiger partial charge is 0.219 e. The number of nitrogens with one attached hydrogen (secondary N) is 1. The van der Waals surface area contributed by atoms with Crippen LogP contribution in [0.15, 0.2) is 4.99 Å². The van der Waals surface area contributed by atoms with Crippen molar-refractivity contribution in [2.75, 3.05) is 32.7 Å². The van der Waals surface area contributed by atoms with Gasteiger partial charge < -0.3 is 19.7 Å². The van der Waals surface area contributed by atoms with Gasteiger partial charge in [0.25, 0.3) is 0 Å². The normalized spacial score (nSPS) is 15.1. The second kappa shape index (κ2) is 10.6. The molecule has 142 valence electrons. The van der Waals surface area contributed by atoms with E-state index in [0.29, 0.717) is 6.54 Å². The molecule has 1 N–H and O–H groups in total. The van der Waals surface area contributed by atoms with Gasteiger partial charge in [-0.05, 0) is 13.3 Å². The quantitative estimate of drug-likeness (QED) is 0.307. The lowest BCUT2D eigenvalue weighted by Gasteiger charge is -2.36. The van der Waals surface area contributed by atoms with Crippen molar-refractivity contribution < 1.29 is 4.79 Å². The van der Waals surface area contributed by atoms with E-state index in [-0.39, 0.29) is 29.9 Å². The highest BCUT2D eigenvalue weighted by molar-refractivity contribution is 14.0. The van der Waals surface area contributed by atoms with Crippen LogP contribution in [0.2, 0.25) is 0 Å². The Kier molecular flexibility index (Phi) is 9.15. The maximum Gasteiger partial charge on any atom is 0.219 e. The molecule has 1 saturated heterocycles. The van der Waals surface area contributed by atoms with Crippen molar-refractivity contribution in [3.63, 3.8) is 0 Å². The molecule has 1 aromatic rings. The van der Waals surface area contributed by atoms with Crippen LogP contribution in [0.5, 0.6) is 0 Å². The number of guanidine groups is 1. The summed E-state index contributed by atoms with van der Waals surface area (Å²) in [6.07, 6.45) is 2.25. The molecule has 2 heterocycles. The third kappa shape index (κ3) is 6.12. The van der Waals surface area contributed by atoms with Crippen LogP contribution in [-0.4, -0.2) is 69.2 Å². The van der Waals surface area contributed by atoms with Crippen molar-refractivity contribution in [3.05, 3.63) is 11.6 Å². The zero-order valence-electron chi connectivity index (χ0n) is 15.7. The highest BCUT2D eigenvalue weighted by Crippen LogP contribution is 2.05. The fourth-order valence-electron chi connectivity index (χ4n) is 2.61. The number of amides is 1. The first-order valence-electron chi connectivity index (χ1n) is 8.66. The molecule has 0 saturated carbocycles. The second-order valence-corrected chi connectivity index (χ2v) is 6.14. The Hall–Kier alpha value is -1.39. The van der Waals surface area contributed by atoms with Crippen molar-refractivity contribution in [2.24, 2.45) is 12.0 Å². The molecule has 0 unspecified atom stereocenters. The molecule has 0 bridgehead atoms. The maximum absolute atomic E-state index is 11.5. The highest BCUT2D eigenvalue weighted by Gasteiger charge is 2.21. The topological polar surface area (TPSA) is 78.7 Å². The highest BCUT2D eigenvalue weighted by atomic mass is 127. The average molecular weight is 463 g/mol. The molecule has 2 rings (SSSR count). The number of hydrogen-bond acceptors (Lipinski definition) is 4. The second-order valence-electron chi connectivity index (χ2n) is 6.14. The lowest BCUT2D eigenvalue weighted by atomic mass is 10.3. The molecule has 0 spiro atoms. The van der Waals surface area contributed by atoms with Crippen LogP contribution in [0.3, 0.4) is 0 Å². The molecule has 1 aliphatic rings. The van der Waals surface area contributed by atoms with Gasteiger partial charge in [-0.3, -0.25) is 4.79 Å². The van der Waals surface area contributed by atoms with Crippen LogP contribution < -0.4 is 5.32 Å². The Balaban J connectivity index is 0.00000312. The van der Waals surface area contributed by atoms with Gasteiger partial charge in [-0.2, -0.15) is 0 Å². The van der Waals surface area contributed by atoms with Gasteiger partial charge in [0.2, 0.25) is 5.91 Å². The summed E-state index contributed by atoms with van der Waals surface area (Å²) in [6, 6.07) is 0. The van der Waals surface area contributed by atoms with E-state index < -0.39 is 0 Å². The molecular weight excluding hydrogens is 433 g/mol. The number of aryl methyl sites for hydroxylation is 1. The molecule has 0 aromatic carbocycles. The van der Waals surface area contributed by atoms with Crippen molar-refractivity contribution >= 4 is 35.8 Å². The zero-order valence-corrected chi connectivity index (χ0v) is 18.0. The minimum atomic E-state index is 0. The van der Waals surface area contributed by atoms with E-state index in [4.69, 9.17) is 4.99 Å². The Morgan fingerprint density at radius 3 is 2.36 bits per heavy atom. The molecule has 0 aliphatic carbocycles. The number of aromatic nitrogens is 3. The minimum absolute atomic E-state index is 0. The zero-order chi connectivity index (χ0) is 17.5. The summed E-state index contributed by atoms with van der Waals surface area (Å²) < 4.78 is 1.96. The van der Waals surface area contributed by atoms with E-state index in [0.717, 1.165) is 63.2 Å². The van der Waals surface area contributed by atoms with Gasteiger partial charge in [-0.1, -0.05) is 13.3 Å². The largest absolute Gasteiger partial charge is 0.356 e. The van der Waals surface area contributed by atoms with Gasteiger partial charge in [0.15, 0.2) is 11.8 Å². The van der Waals surface area contributed by atoms with Crippen molar-refractivity contribution in [2.45, 2.75) is 40.2 Å². The lowest BCUT2D eigenvalue weighted by molar-refractivity contribution is -0.130. The van der Waals surface area contributed by atoms with Gasteiger partial charge in [0, 0.05) is 46.7 Å². The van der Waals surface area contributed by atoms with Crippen LogP contribution in [0.4, 0.5) is 0 Å². The Morgan fingerprint density at radius 1 is 1.20 bits per heavy atom. The monoisotopic (exact) mass is 463 g/mol. The van der Waals surface area contributed by atoms with Crippen molar-refractivity contribution in [1.29, 1.82) is 0 Å². The summed E-state index contributed by atoms with van der Waals surface area (Å²) in [5.74, 6) is 2.77. The number of aliphatic imine (C=N–C) groups is 1. The minimum Gasteiger partial charge on any atom is -0.356 e. The van der Waals surface area contributed by atoms with E-state index in [1.807, 2.05) is 23.4 Å². The van der Waals surface area contributed by atoms with E-state index in [1.165, 1.54) is 0 Å². The SMILES string of the molecule is CCCCNC(=NCc1nnc(C)n1C)N1CCN(C(C)=O)CC1.I. The Morgan fingerprint density at radius 2 is 1.84 bits per heavy atom. The first-order chi connectivity index (χ1) is 11.5. The van der Waals surface area contributed by atoms with E-state index in [9.17, 15) is 4.79 Å². The standard InChI is InChI=1S/C16H29N7O.HI/c1-5-6-7-17-16(18-12-15-20-19-13(2)21(15)4)23-10-8-22(9-11-23)14(3)24;/h5-12H2,1-4H3,(H,17,18);1H. The summed E-state index contributed by atoms with van der Waals surface area (Å²) in [5.41, 5.74) is 0. The summed E-state index contributed by atoms with van der Waals surface area (Å²) in [4.78, 5) is 20.3. The van der Waals surface area contributed by atoms with Crippen LogP contribution in [-0.2, 0) is 18.4 Å². The Bertz CT molecular complexity index is 579. The van der Waals surface area contributed by atoms with Gasteiger partial charge in [-0.15, -0.1) is 34.2 Å². The number of halogens is 1. The molecule has 25 heavy (non-hydrogen) atoms. The molecule has 1 amide bonds. The van der Waals surface area contributed by atoms with Crippen LogP contribution >= 0.6 is 24.0 Å². The number of carbonyl (C=O) groups is 1. The van der Waals surface area contributed by atoms with E-state index in [2.05, 4.69) is 27.3 Å². The molecular formula is C16H30IN7O. The molecule has 1 aliphatic heterocycles. The molecule has 0 radical (unpaired) electrons. The van der Waals surface area contributed by atoms with Crippen LogP contribution in [0.1, 0.15) is 38.3 Å². The number of piperazine rings is 1. The van der Waals surface area contributed by atoms with Gasteiger partial charge in [0.05, 0.1) is 0 Å². The molecule has 8 nitrogen and oxygen atoms in total. The fraction of sp³-hybridized carbons (Fsp3) is 0.750. The molecule has 1 aromatic heterocycles. The van der Waals surface area contributed by atoms with Crippen LogP contribution in [0.25, 0.3) is 0 Å². The van der Waals surface area contributed by atoms with Crippen LogP contribution in [0, 0.1) is 6.92 Å². The van der Waals surface area contributed by atoms with E-state index >= 15 is 0 Å². The fourth-order valence-corrected chi connectivity index (χ4v) is 2.61. The van der Waals surface area contributed by atoms with E-state index in [1.54, 1.807) is 6.92 Å². The number of nitrogens with zero attached hydrogens (tertiary/aromatic N) is 6. The number of carbonyl (C=O) groups excluding carboxylic acids is 1.